The van der Waals surface area contributed by atoms with E-state index in [2.05, 4.69) is 5.43 Å². The van der Waals surface area contributed by atoms with Gasteiger partial charge in [0.2, 0.25) is 0 Å². The van der Waals surface area contributed by atoms with Gasteiger partial charge in [-0.15, -0.1) is 0 Å². The largest absolute Gasteiger partial charge is 0.298 e. The van der Waals surface area contributed by atoms with Crippen LogP contribution in [0.5, 0.6) is 0 Å². The van der Waals surface area contributed by atoms with Crippen molar-refractivity contribution in [1.29, 1.82) is 0 Å². The topological polar surface area (TPSA) is 55.1 Å². The van der Waals surface area contributed by atoms with E-state index < -0.39 is 0 Å². The minimum atomic E-state index is -0.199. The van der Waals surface area contributed by atoms with Crippen molar-refractivity contribution in [2.24, 2.45) is 17.7 Å². The van der Waals surface area contributed by atoms with Crippen molar-refractivity contribution in [3.05, 3.63) is 0 Å². The molecule has 0 saturated heterocycles. The van der Waals surface area contributed by atoms with Gasteiger partial charge < -0.3 is 0 Å². The van der Waals surface area contributed by atoms with Crippen molar-refractivity contribution in [3.63, 3.8) is 0 Å². The highest BCUT2D eigenvalue weighted by atomic mass is 16.1. The molecular weight excluding hydrogens is 140 g/mol. The molecule has 11 heavy (non-hydrogen) atoms. The zero-order valence-corrected chi connectivity index (χ0v) is 7.72. The van der Waals surface area contributed by atoms with E-state index in [1.807, 2.05) is 27.7 Å². The third-order valence-corrected chi connectivity index (χ3v) is 1.72. The highest BCUT2D eigenvalue weighted by molar-refractivity contribution is 5.85. The average molecular weight is 158 g/mol. The molecule has 3 heteroatoms. The second-order valence-corrected chi connectivity index (χ2v) is 3.45. The zero-order chi connectivity index (χ0) is 9.02. The number of hydrogen-bond donors (Lipinski definition) is 2. The van der Waals surface area contributed by atoms with E-state index in [0.29, 0.717) is 0 Å². The van der Waals surface area contributed by atoms with Gasteiger partial charge in [0, 0.05) is 5.92 Å². The molecule has 0 bridgehead atoms. The number of nitrogens with two attached hydrogens (primary N) is 1. The number of carbonyl (C=O) groups is 1. The van der Waals surface area contributed by atoms with Crippen molar-refractivity contribution in [2.75, 3.05) is 0 Å². The van der Waals surface area contributed by atoms with E-state index in [1.54, 1.807) is 0 Å². The molecule has 3 N–H and O–H groups in total. The smallest absolute Gasteiger partial charge is 0.153 e. The quantitative estimate of drug-likeness (QED) is 0.468. The summed E-state index contributed by atoms with van der Waals surface area (Å²) in [5.41, 5.74) is 2.53. The van der Waals surface area contributed by atoms with Gasteiger partial charge in [0.1, 0.15) is 0 Å². The predicted octanol–water partition coefficient (Wildman–Crippen LogP) is 0.699. The molecule has 0 amide bonds. The fraction of sp³-hybridized carbons (Fsp3) is 0.875. The molecule has 0 aromatic heterocycles. The predicted molar refractivity (Wildman–Crippen MR) is 45.8 cm³/mol. The molecule has 0 aromatic carbocycles. The highest BCUT2D eigenvalue weighted by Gasteiger charge is 2.22. The van der Waals surface area contributed by atoms with Gasteiger partial charge >= 0.3 is 0 Å². The third-order valence-electron chi connectivity index (χ3n) is 1.72. The van der Waals surface area contributed by atoms with Gasteiger partial charge in [0.15, 0.2) is 5.78 Å². The Morgan fingerprint density at radius 1 is 1.27 bits per heavy atom. The van der Waals surface area contributed by atoms with Gasteiger partial charge in [0.05, 0.1) is 6.04 Å². The number of nitrogens with one attached hydrogen (secondary N) is 1. The van der Waals surface area contributed by atoms with E-state index in [0.717, 1.165) is 0 Å². The molecule has 0 spiro atoms. The lowest BCUT2D eigenvalue weighted by molar-refractivity contribution is -0.125. The van der Waals surface area contributed by atoms with Gasteiger partial charge in [-0.1, -0.05) is 27.7 Å². The number of Topliss-reactive ketones (excluding diaryl/α,β-unsaturated/α-hetero) is 1. The van der Waals surface area contributed by atoms with E-state index in [9.17, 15) is 4.79 Å². The Bertz CT molecular complexity index is 132. The lowest BCUT2D eigenvalue weighted by Gasteiger charge is -2.19. The molecule has 0 rings (SSSR count). The summed E-state index contributed by atoms with van der Waals surface area (Å²) < 4.78 is 0. The van der Waals surface area contributed by atoms with Gasteiger partial charge in [-0.25, -0.2) is 5.43 Å². The summed E-state index contributed by atoms with van der Waals surface area (Å²) >= 11 is 0. The highest BCUT2D eigenvalue weighted by Crippen LogP contribution is 2.07. The molecule has 0 fully saturated rings. The first kappa shape index (κ1) is 10.6. The number of hydrogen-bond acceptors (Lipinski definition) is 3. The summed E-state index contributed by atoms with van der Waals surface area (Å²) in [5, 5.41) is 0. The molecule has 0 aliphatic heterocycles. The Labute approximate surface area is 68.3 Å². The number of rotatable bonds is 4. The zero-order valence-electron chi connectivity index (χ0n) is 7.72. The van der Waals surface area contributed by atoms with Crippen LogP contribution in [0.15, 0.2) is 0 Å². The van der Waals surface area contributed by atoms with Crippen molar-refractivity contribution in [3.8, 4) is 0 Å². The minimum absolute atomic E-state index is 0.0541. The SMILES string of the molecule is CC(C)C(=O)[C@@H](NN)C(C)C. The molecule has 0 aromatic rings. The minimum Gasteiger partial charge on any atom is -0.298 e. The van der Waals surface area contributed by atoms with Crippen LogP contribution in [0.25, 0.3) is 0 Å². The summed E-state index contributed by atoms with van der Waals surface area (Å²) in [6.45, 7) is 7.72. The van der Waals surface area contributed by atoms with Crippen LogP contribution in [0.1, 0.15) is 27.7 Å². The molecule has 0 aliphatic carbocycles. The van der Waals surface area contributed by atoms with Crippen LogP contribution in [0.2, 0.25) is 0 Å². The lowest BCUT2D eigenvalue weighted by atomic mass is 9.94. The molecule has 0 unspecified atom stereocenters. The van der Waals surface area contributed by atoms with Crippen LogP contribution in [-0.4, -0.2) is 11.8 Å². The van der Waals surface area contributed by atoms with Crippen LogP contribution in [0.3, 0.4) is 0 Å². The number of carbonyl (C=O) groups excluding carboxylic acids is 1. The normalized spacial score (nSPS) is 14.1. The number of ketones is 1. The van der Waals surface area contributed by atoms with Gasteiger partial charge in [-0.3, -0.25) is 10.6 Å². The van der Waals surface area contributed by atoms with Crippen molar-refractivity contribution in [1.82, 2.24) is 5.43 Å². The summed E-state index contributed by atoms with van der Waals surface area (Å²) in [4.78, 5) is 11.4. The lowest BCUT2D eigenvalue weighted by Crippen LogP contribution is -2.46. The monoisotopic (exact) mass is 158 g/mol. The maximum absolute atomic E-state index is 11.4. The Kier molecular flexibility index (Phi) is 4.30. The van der Waals surface area contributed by atoms with Crippen molar-refractivity contribution in [2.45, 2.75) is 33.7 Å². The van der Waals surface area contributed by atoms with E-state index in [4.69, 9.17) is 5.84 Å². The van der Waals surface area contributed by atoms with Crippen LogP contribution in [0.4, 0.5) is 0 Å². The maximum Gasteiger partial charge on any atom is 0.153 e. The third kappa shape index (κ3) is 2.99. The Morgan fingerprint density at radius 3 is 1.82 bits per heavy atom. The molecular formula is C8H18N2O. The first-order chi connectivity index (χ1) is 5.00. The molecule has 0 aliphatic rings. The van der Waals surface area contributed by atoms with Crippen LogP contribution < -0.4 is 11.3 Å². The van der Waals surface area contributed by atoms with E-state index >= 15 is 0 Å². The molecule has 1 atom stereocenters. The Hall–Kier alpha value is -0.410. The molecule has 0 radical (unpaired) electrons. The van der Waals surface area contributed by atoms with E-state index in [1.165, 1.54) is 0 Å². The fourth-order valence-corrected chi connectivity index (χ4v) is 0.962. The maximum atomic E-state index is 11.4. The second kappa shape index (κ2) is 4.46. The van der Waals surface area contributed by atoms with Crippen molar-refractivity contribution < 1.29 is 4.79 Å². The summed E-state index contributed by atoms with van der Waals surface area (Å²) in [6, 6.07) is -0.199. The molecule has 66 valence electrons. The van der Waals surface area contributed by atoms with Crippen LogP contribution in [-0.2, 0) is 4.79 Å². The van der Waals surface area contributed by atoms with Gasteiger partial charge in [-0.05, 0) is 5.92 Å². The Morgan fingerprint density at radius 2 is 1.73 bits per heavy atom. The average Bonchev–Trinajstić information content (AvgIpc) is 1.88. The first-order valence-electron chi connectivity index (χ1n) is 4.00. The molecule has 3 nitrogen and oxygen atoms in total. The number of hydrazine groups is 1. The second-order valence-electron chi connectivity index (χ2n) is 3.45. The van der Waals surface area contributed by atoms with Gasteiger partial charge in [0.25, 0.3) is 0 Å². The van der Waals surface area contributed by atoms with Crippen molar-refractivity contribution >= 4 is 5.78 Å². The fourth-order valence-electron chi connectivity index (χ4n) is 0.962. The van der Waals surface area contributed by atoms with E-state index in [-0.39, 0.29) is 23.7 Å². The van der Waals surface area contributed by atoms with Crippen LogP contribution >= 0.6 is 0 Å². The van der Waals surface area contributed by atoms with Gasteiger partial charge in [-0.2, -0.15) is 0 Å². The molecule has 0 heterocycles. The Balaban J connectivity index is 4.15. The summed E-state index contributed by atoms with van der Waals surface area (Å²) in [7, 11) is 0. The van der Waals surface area contributed by atoms with Crippen LogP contribution in [0, 0.1) is 11.8 Å². The first-order valence-corrected chi connectivity index (χ1v) is 4.00. The summed E-state index contributed by atoms with van der Waals surface area (Å²) in [6.07, 6.45) is 0. The summed E-state index contributed by atoms with van der Waals surface area (Å²) in [5.74, 6) is 5.74. The standard InChI is InChI=1S/C8H18N2O/c1-5(2)7(10-9)8(11)6(3)4/h5-7,10H,9H2,1-4H3/t7-/m0/s1. The molecule has 0 saturated carbocycles.